The molecule has 2 bridgehead atoms. The first-order valence-corrected chi connectivity index (χ1v) is 8.81. The largest absolute Gasteiger partial charge is 0.312 e. The minimum absolute atomic E-state index is 0.185. The average molecular weight is 340 g/mol. The maximum Gasteiger partial charge on any atom is 0.249 e. The van der Waals surface area contributed by atoms with Gasteiger partial charge in [0.15, 0.2) is 0 Å². The molecular weight excluding hydrogens is 320 g/mol. The first kappa shape index (κ1) is 15.5. The molecule has 1 unspecified atom stereocenters. The van der Waals surface area contributed by atoms with Gasteiger partial charge >= 0.3 is 0 Å². The molecule has 1 saturated carbocycles. The summed E-state index contributed by atoms with van der Waals surface area (Å²) in [5.41, 5.74) is 2.88. The van der Waals surface area contributed by atoms with Gasteiger partial charge in [0.1, 0.15) is 0 Å². The van der Waals surface area contributed by atoms with Crippen LogP contribution in [0, 0.1) is 0 Å². The van der Waals surface area contributed by atoms with Crippen molar-refractivity contribution < 1.29 is 24.3 Å². The van der Waals surface area contributed by atoms with Crippen LogP contribution in [0.3, 0.4) is 0 Å². The Kier molecular flexibility index (Phi) is 3.84. The molecule has 2 fully saturated rings. The summed E-state index contributed by atoms with van der Waals surface area (Å²) in [5.74, 6) is 0. The molecule has 2 aromatic rings. The van der Waals surface area contributed by atoms with E-state index >= 15 is 0 Å². The molecule has 2 aromatic carbocycles. The molecule has 0 aromatic heterocycles. The summed E-state index contributed by atoms with van der Waals surface area (Å²) in [5, 5.41) is 0. The first-order valence-electron chi connectivity index (χ1n) is 8.81. The van der Waals surface area contributed by atoms with Crippen LogP contribution >= 0.6 is 0 Å². The summed E-state index contributed by atoms with van der Waals surface area (Å²) in [6, 6.07) is 17.8. The van der Waals surface area contributed by atoms with Crippen molar-refractivity contribution in [2.24, 2.45) is 0 Å². The Morgan fingerprint density at radius 1 is 0.720 bits per heavy atom. The van der Waals surface area contributed by atoms with Gasteiger partial charge in [-0.3, -0.25) is 0 Å². The molecule has 130 valence electrons. The zero-order chi connectivity index (χ0) is 16.7. The first-order chi connectivity index (χ1) is 12.4. The molecule has 5 nitrogen and oxygen atoms in total. The van der Waals surface area contributed by atoms with E-state index in [1.807, 2.05) is 42.5 Å². The fraction of sp³-hybridized carbons (Fsp3) is 0.400. The van der Waals surface area contributed by atoms with E-state index in [2.05, 4.69) is 12.1 Å². The average Bonchev–Trinajstić information content (AvgIpc) is 3.13. The lowest BCUT2D eigenvalue weighted by Gasteiger charge is -2.45. The summed E-state index contributed by atoms with van der Waals surface area (Å²) >= 11 is 0. The lowest BCUT2D eigenvalue weighted by molar-refractivity contribution is -0.569. The molecule has 1 spiro atoms. The predicted molar refractivity (Wildman–Crippen MR) is 87.7 cm³/mol. The molecule has 0 amide bonds. The summed E-state index contributed by atoms with van der Waals surface area (Å²) in [4.78, 5) is 22.5. The van der Waals surface area contributed by atoms with Crippen LogP contribution in [0.1, 0.15) is 55.0 Å². The second kappa shape index (κ2) is 6.20. The molecule has 1 aliphatic carbocycles. The molecule has 3 aliphatic rings. The van der Waals surface area contributed by atoms with Crippen molar-refractivity contribution >= 4 is 0 Å². The number of rotatable bonds is 1. The van der Waals surface area contributed by atoms with E-state index in [0.29, 0.717) is 0 Å². The smallest absolute Gasteiger partial charge is 0.249 e. The van der Waals surface area contributed by atoms with Gasteiger partial charge in [0.2, 0.25) is 18.9 Å². The Labute approximate surface area is 146 Å². The maximum absolute atomic E-state index is 6.08. The van der Waals surface area contributed by atoms with Gasteiger partial charge in [-0.2, -0.15) is 14.7 Å². The fourth-order valence-corrected chi connectivity index (χ4v) is 4.24. The van der Waals surface area contributed by atoms with E-state index in [1.54, 1.807) is 0 Å². The van der Waals surface area contributed by atoms with Crippen molar-refractivity contribution in [3.8, 4) is 0 Å². The monoisotopic (exact) mass is 340 g/mol. The number of fused-ring (bicyclic) bond motifs is 6. The maximum atomic E-state index is 6.08. The molecule has 2 aliphatic heterocycles. The van der Waals surface area contributed by atoms with Gasteiger partial charge in [-0.15, -0.1) is 0 Å². The second-order valence-electron chi connectivity index (χ2n) is 6.88. The van der Waals surface area contributed by atoms with E-state index in [-0.39, 0.29) is 5.41 Å². The minimum Gasteiger partial charge on any atom is -0.312 e. The third-order valence-corrected chi connectivity index (χ3v) is 5.48. The zero-order valence-electron chi connectivity index (χ0n) is 13.8. The van der Waals surface area contributed by atoms with Crippen molar-refractivity contribution in [1.82, 2.24) is 0 Å². The Morgan fingerprint density at radius 3 is 2.24 bits per heavy atom. The van der Waals surface area contributed by atoms with E-state index in [1.165, 1.54) is 5.56 Å². The van der Waals surface area contributed by atoms with Gasteiger partial charge < -0.3 is 4.74 Å². The summed E-state index contributed by atoms with van der Waals surface area (Å²) in [6.45, 7) is 0. The molecule has 5 rings (SSSR count). The molecule has 5 heteroatoms. The van der Waals surface area contributed by atoms with E-state index in [0.717, 1.165) is 36.8 Å². The predicted octanol–water partition coefficient (Wildman–Crippen LogP) is 4.46. The van der Waals surface area contributed by atoms with E-state index < -0.39 is 18.9 Å². The van der Waals surface area contributed by atoms with Crippen LogP contribution in [-0.4, -0.2) is 6.29 Å². The number of hydrogen-bond acceptors (Lipinski definition) is 5. The quantitative estimate of drug-likeness (QED) is 0.717. The Hall–Kier alpha value is -1.76. The van der Waals surface area contributed by atoms with Crippen molar-refractivity contribution in [1.29, 1.82) is 0 Å². The third-order valence-electron chi connectivity index (χ3n) is 5.48. The second-order valence-corrected chi connectivity index (χ2v) is 6.88. The van der Waals surface area contributed by atoms with Crippen LogP contribution in [0.4, 0.5) is 0 Å². The lowest BCUT2D eigenvalue weighted by atomic mass is 9.74. The highest BCUT2D eigenvalue weighted by Gasteiger charge is 2.52. The SMILES string of the molecule is c1ccc(C2OO[C@@H]3O[C@H](OO2)C2(CCCC2)c2ccccc23)cc1. The van der Waals surface area contributed by atoms with Crippen LogP contribution < -0.4 is 0 Å². The van der Waals surface area contributed by atoms with Crippen LogP contribution in [0.25, 0.3) is 0 Å². The molecular formula is C20H20O5. The number of ether oxygens (including phenoxy) is 1. The van der Waals surface area contributed by atoms with E-state index in [9.17, 15) is 0 Å². The topological polar surface area (TPSA) is 46.2 Å². The van der Waals surface area contributed by atoms with Crippen LogP contribution in [0.2, 0.25) is 0 Å². The van der Waals surface area contributed by atoms with Gasteiger partial charge in [0.05, 0.1) is 0 Å². The van der Waals surface area contributed by atoms with Crippen molar-refractivity contribution in [2.45, 2.75) is 50.0 Å². The summed E-state index contributed by atoms with van der Waals surface area (Å²) < 4.78 is 6.08. The van der Waals surface area contributed by atoms with Crippen LogP contribution in [-0.2, 0) is 29.7 Å². The van der Waals surface area contributed by atoms with E-state index in [4.69, 9.17) is 24.3 Å². The minimum atomic E-state index is -0.751. The number of hydrogen-bond donors (Lipinski definition) is 0. The van der Waals surface area contributed by atoms with Gasteiger partial charge in [-0.05, 0) is 18.4 Å². The van der Waals surface area contributed by atoms with Gasteiger partial charge in [-0.25, -0.2) is 4.89 Å². The summed E-state index contributed by atoms with van der Waals surface area (Å²) in [6.07, 6.45) is 2.46. The Balaban J connectivity index is 1.52. The van der Waals surface area contributed by atoms with Crippen LogP contribution in [0.5, 0.6) is 0 Å². The third kappa shape index (κ3) is 2.51. The van der Waals surface area contributed by atoms with Gasteiger partial charge in [-0.1, -0.05) is 67.4 Å². The highest BCUT2D eigenvalue weighted by atomic mass is 17.3. The van der Waals surface area contributed by atoms with Crippen molar-refractivity contribution in [3.05, 3.63) is 71.3 Å². The molecule has 2 heterocycles. The molecule has 3 atom stereocenters. The molecule has 25 heavy (non-hydrogen) atoms. The van der Waals surface area contributed by atoms with Gasteiger partial charge in [0.25, 0.3) is 0 Å². The standard InChI is InChI=1S/C20H20O5/c1-2-8-14(9-3-1)17-22-24-18-15-10-4-5-11-16(15)20(12-6-7-13-20)19(21-18)25-23-17/h1-5,8-11,17-19H,6-7,12-13H2/t17?,18-,19+/m0/s1. The highest BCUT2D eigenvalue weighted by Crippen LogP contribution is 2.53. The summed E-state index contributed by atoms with van der Waals surface area (Å²) in [7, 11) is 0. The molecule has 0 N–H and O–H groups in total. The Bertz CT molecular complexity index is 741. The van der Waals surface area contributed by atoms with Crippen LogP contribution in [0.15, 0.2) is 54.6 Å². The molecule has 0 radical (unpaired) electrons. The highest BCUT2D eigenvalue weighted by molar-refractivity contribution is 5.38. The Morgan fingerprint density at radius 2 is 1.40 bits per heavy atom. The lowest BCUT2D eigenvalue weighted by Crippen LogP contribution is -2.47. The fourth-order valence-electron chi connectivity index (χ4n) is 4.24. The van der Waals surface area contributed by atoms with Crippen molar-refractivity contribution in [3.63, 3.8) is 0 Å². The van der Waals surface area contributed by atoms with Gasteiger partial charge in [0, 0.05) is 16.5 Å². The zero-order valence-corrected chi connectivity index (χ0v) is 13.8. The van der Waals surface area contributed by atoms with Crippen molar-refractivity contribution in [2.75, 3.05) is 0 Å². The molecule has 1 saturated heterocycles. The normalized spacial score (nSPS) is 30.5. The number of benzene rings is 2.